The first kappa shape index (κ1) is 12.9. The van der Waals surface area contributed by atoms with E-state index in [0.29, 0.717) is 10.6 Å². The van der Waals surface area contributed by atoms with Crippen LogP contribution in [0, 0.1) is 11.3 Å². The molecule has 8 heteroatoms. The molecule has 1 rings (SSSR count). The van der Waals surface area contributed by atoms with E-state index in [4.69, 9.17) is 11.0 Å². The van der Waals surface area contributed by atoms with E-state index in [1.165, 1.54) is 16.4 Å². The Morgan fingerprint density at radius 2 is 2.25 bits per heavy atom. The molecule has 2 N–H and O–H groups in total. The first-order chi connectivity index (χ1) is 7.39. The Bertz CT molecular complexity index is 527. The number of nitrogen functional groups attached to an aromatic ring is 1. The molecule has 0 bridgehead atoms. The maximum absolute atomic E-state index is 11.0. The smallest absolute Gasteiger partial charge is 0.149 e. The van der Waals surface area contributed by atoms with Crippen LogP contribution >= 0.6 is 11.8 Å². The quantitative estimate of drug-likeness (QED) is 0.770. The van der Waals surface area contributed by atoms with Gasteiger partial charge in [0.25, 0.3) is 0 Å². The van der Waals surface area contributed by atoms with Gasteiger partial charge in [0.05, 0.1) is 12.3 Å². The molecule has 0 fully saturated rings. The molecule has 1 heterocycles. The van der Waals surface area contributed by atoms with Crippen molar-refractivity contribution in [1.82, 2.24) is 9.78 Å². The van der Waals surface area contributed by atoms with Crippen molar-refractivity contribution in [1.29, 1.82) is 5.26 Å². The number of nitrogens with zero attached hydrogens (tertiary/aromatic N) is 3. The van der Waals surface area contributed by atoms with Crippen molar-refractivity contribution in [2.45, 2.75) is 11.6 Å². The van der Waals surface area contributed by atoms with Crippen molar-refractivity contribution in [3.05, 3.63) is 5.56 Å². The summed E-state index contributed by atoms with van der Waals surface area (Å²) < 4.78 is 23.3. The van der Waals surface area contributed by atoms with Crippen LogP contribution in [0.15, 0.2) is 5.03 Å². The van der Waals surface area contributed by atoms with Crippen LogP contribution in [0.2, 0.25) is 0 Å². The summed E-state index contributed by atoms with van der Waals surface area (Å²) >= 11 is 1.30. The van der Waals surface area contributed by atoms with Crippen LogP contribution in [0.4, 0.5) is 5.82 Å². The summed E-state index contributed by atoms with van der Waals surface area (Å²) in [6, 6.07) is 1.95. The van der Waals surface area contributed by atoms with Gasteiger partial charge in [0.2, 0.25) is 0 Å². The molecule has 1 aromatic heterocycles. The van der Waals surface area contributed by atoms with E-state index in [1.54, 1.807) is 6.26 Å². The number of hydrogen-bond acceptors (Lipinski definition) is 6. The van der Waals surface area contributed by atoms with Gasteiger partial charge in [0.15, 0.2) is 0 Å². The molecule has 6 nitrogen and oxygen atoms in total. The molecular formula is C8H12N4O2S2. The highest BCUT2D eigenvalue weighted by molar-refractivity contribution is 7.98. The van der Waals surface area contributed by atoms with E-state index in [9.17, 15) is 8.42 Å². The fraction of sp³-hybridized carbons (Fsp3) is 0.500. The van der Waals surface area contributed by atoms with Gasteiger partial charge >= 0.3 is 0 Å². The molecule has 0 aliphatic carbocycles. The Hall–Kier alpha value is -1.20. The second kappa shape index (κ2) is 4.76. The lowest BCUT2D eigenvalue weighted by atomic mass is 10.4. The number of sulfone groups is 1. The largest absolute Gasteiger partial charge is 0.383 e. The maximum atomic E-state index is 11.0. The minimum atomic E-state index is -3.06. The van der Waals surface area contributed by atoms with Gasteiger partial charge in [-0.25, -0.2) is 13.1 Å². The number of rotatable bonds is 4. The number of nitrogens with two attached hydrogens (primary N) is 1. The Labute approximate surface area is 98.3 Å². The molecule has 0 aromatic carbocycles. The molecule has 0 saturated heterocycles. The first-order valence-electron chi connectivity index (χ1n) is 4.37. The van der Waals surface area contributed by atoms with Crippen LogP contribution in [0.3, 0.4) is 0 Å². The average molecular weight is 260 g/mol. The summed E-state index contributed by atoms with van der Waals surface area (Å²) in [5.41, 5.74) is 6.00. The number of aromatic nitrogens is 2. The Balaban J connectivity index is 2.99. The van der Waals surface area contributed by atoms with Crippen LogP contribution < -0.4 is 5.73 Å². The topological polar surface area (TPSA) is 102 Å². The second-order valence-electron chi connectivity index (χ2n) is 3.23. The summed E-state index contributed by atoms with van der Waals surface area (Å²) in [5.74, 6) is 0.174. The summed E-state index contributed by atoms with van der Waals surface area (Å²) in [5, 5.41) is 13.4. The van der Waals surface area contributed by atoms with E-state index < -0.39 is 9.84 Å². The summed E-state index contributed by atoms with van der Waals surface area (Å²) in [6.45, 7) is 0.167. The van der Waals surface area contributed by atoms with Crippen LogP contribution in [0.5, 0.6) is 0 Å². The molecule has 0 spiro atoms. The van der Waals surface area contributed by atoms with E-state index in [-0.39, 0.29) is 18.1 Å². The Morgan fingerprint density at radius 3 is 2.62 bits per heavy atom. The molecule has 0 unspecified atom stereocenters. The first-order valence-corrected chi connectivity index (χ1v) is 7.65. The Kier molecular flexibility index (Phi) is 3.83. The van der Waals surface area contributed by atoms with Crippen molar-refractivity contribution >= 4 is 27.4 Å². The lowest BCUT2D eigenvalue weighted by Crippen LogP contribution is -2.14. The highest BCUT2D eigenvalue weighted by Crippen LogP contribution is 2.23. The molecule has 88 valence electrons. The zero-order chi connectivity index (χ0) is 12.3. The summed E-state index contributed by atoms with van der Waals surface area (Å²) in [7, 11) is -3.06. The van der Waals surface area contributed by atoms with Crippen molar-refractivity contribution in [2.24, 2.45) is 0 Å². The third-order valence-electron chi connectivity index (χ3n) is 1.94. The molecule has 0 amide bonds. The predicted molar refractivity (Wildman–Crippen MR) is 62.8 cm³/mol. The third-order valence-corrected chi connectivity index (χ3v) is 3.54. The second-order valence-corrected chi connectivity index (χ2v) is 6.29. The van der Waals surface area contributed by atoms with Crippen molar-refractivity contribution in [2.75, 3.05) is 24.0 Å². The number of thioether (sulfide) groups is 1. The van der Waals surface area contributed by atoms with Gasteiger partial charge in [0, 0.05) is 6.26 Å². The minimum absolute atomic E-state index is 0.0441. The van der Waals surface area contributed by atoms with Gasteiger partial charge in [-0.1, -0.05) is 0 Å². The average Bonchev–Trinajstić information content (AvgIpc) is 2.50. The third kappa shape index (κ3) is 2.90. The Morgan fingerprint density at radius 1 is 1.62 bits per heavy atom. The van der Waals surface area contributed by atoms with Crippen molar-refractivity contribution in [3.63, 3.8) is 0 Å². The van der Waals surface area contributed by atoms with Gasteiger partial charge in [-0.2, -0.15) is 10.4 Å². The van der Waals surface area contributed by atoms with Crippen LogP contribution in [0.1, 0.15) is 5.56 Å². The zero-order valence-electron chi connectivity index (χ0n) is 8.97. The number of hydrogen-bond donors (Lipinski definition) is 1. The lowest BCUT2D eigenvalue weighted by molar-refractivity contribution is 0.585. The fourth-order valence-corrected chi connectivity index (χ4v) is 2.16. The molecule has 16 heavy (non-hydrogen) atoms. The minimum Gasteiger partial charge on any atom is -0.383 e. The normalized spacial score (nSPS) is 11.3. The van der Waals surface area contributed by atoms with E-state index >= 15 is 0 Å². The fourth-order valence-electron chi connectivity index (χ4n) is 1.12. The predicted octanol–water partition coefficient (Wildman–Crippen LogP) is 0.103. The zero-order valence-corrected chi connectivity index (χ0v) is 10.6. The molecule has 0 saturated carbocycles. The van der Waals surface area contributed by atoms with Gasteiger partial charge in [0.1, 0.15) is 32.3 Å². The monoisotopic (exact) mass is 260 g/mol. The van der Waals surface area contributed by atoms with E-state index in [0.717, 1.165) is 6.26 Å². The van der Waals surface area contributed by atoms with Gasteiger partial charge in [-0.05, 0) is 6.26 Å². The molecule has 1 aromatic rings. The van der Waals surface area contributed by atoms with Crippen LogP contribution in [0.25, 0.3) is 0 Å². The van der Waals surface area contributed by atoms with E-state index in [2.05, 4.69) is 5.10 Å². The van der Waals surface area contributed by atoms with Gasteiger partial charge < -0.3 is 5.73 Å². The summed E-state index contributed by atoms with van der Waals surface area (Å²) in [4.78, 5) is 0. The molecule has 0 radical (unpaired) electrons. The van der Waals surface area contributed by atoms with Crippen LogP contribution in [-0.4, -0.2) is 36.5 Å². The number of aryl methyl sites for hydroxylation is 1. The molecule has 0 aliphatic rings. The standard InChI is InChI=1S/C8H12N4O2S2/c1-15-8-6(5-9)7(10)12(11-8)3-4-16(2,13)14/h3-4,10H2,1-2H3. The molecular weight excluding hydrogens is 248 g/mol. The van der Waals surface area contributed by atoms with Crippen molar-refractivity contribution < 1.29 is 8.42 Å². The van der Waals surface area contributed by atoms with E-state index in [1.807, 2.05) is 6.07 Å². The maximum Gasteiger partial charge on any atom is 0.149 e. The SMILES string of the molecule is CSc1nn(CCS(C)(=O)=O)c(N)c1C#N. The molecule has 0 aliphatic heterocycles. The number of anilines is 1. The lowest BCUT2D eigenvalue weighted by Gasteiger charge is -2.01. The summed E-state index contributed by atoms with van der Waals surface area (Å²) in [6.07, 6.45) is 2.93. The van der Waals surface area contributed by atoms with Crippen molar-refractivity contribution in [3.8, 4) is 6.07 Å². The highest BCUT2D eigenvalue weighted by atomic mass is 32.2. The highest BCUT2D eigenvalue weighted by Gasteiger charge is 2.15. The molecule has 0 atom stereocenters. The van der Waals surface area contributed by atoms with Gasteiger partial charge in [-0.3, -0.25) is 0 Å². The number of nitriles is 1. The van der Waals surface area contributed by atoms with Crippen LogP contribution in [-0.2, 0) is 16.4 Å². The van der Waals surface area contributed by atoms with Gasteiger partial charge in [-0.15, -0.1) is 11.8 Å².